The lowest BCUT2D eigenvalue weighted by Crippen LogP contribution is -2.29. The van der Waals surface area contributed by atoms with Crippen molar-refractivity contribution in [2.24, 2.45) is 5.92 Å². The molecule has 0 bridgehead atoms. The molecule has 1 atom stereocenters. The molecule has 0 saturated heterocycles. The monoisotopic (exact) mass is 235 g/mol. The molecule has 0 radical (unpaired) electrons. The summed E-state index contributed by atoms with van der Waals surface area (Å²) in [4.78, 5) is 11.2. The van der Waals surface area contributed by atoms with Crippen molar-refractivity contribution in [1.82, 2.24) is 5.32 Å². The van der Waals surface area contributed by atoms with Crippen LogP contribution in [-0.2, 0) is 4.74 Å². The topological polar surface area (TPSA) is 38.3 Å². The molecule has 1 unspecified atom stereocenters. The number of rotatable bonds is 7. The van der Waals surface area contributed by atoms with Gasteiger partial charge in [-0.2, -0.15) is 0 Å². The Balaban J connectivity index is 3.41. The fourth-order valence-corrected chi connectivity index (χ4v) is 1.10. The second-order valence-corrected chi connectivity index (χ2v) is 4.42. The van der Waals surface area contributed by atoms with E-state index in [1.807, 2.05) is 13.8 Å². The molecule has 0 fully saturated rings. The summed E-state index contributed by atoms with van der Waals surface area (Å²) in [7, 11) is 0. The Bertz CT molecular complexity index is 174. The van der Waals surface area contributed by atoms with Crippen molar-refractivity contribution in [3.8, 4) is 0 Å². The zero-order valence-corrected chi connectivity index (χ0v) is 10.6. The molecular weight excluding hydrogens is 214 g/mol. The zero-order chi connectivity index (χ0) is 11.7. The van der Waals surface area contributed by atoms with E-state index < -0.39 is 11.7 Å². The first kappa shape index (κ1) is 14.6. The van der Waals surface area contributed by atoms with E-state index in [0.717, 1.165) is 12.8 Å². The summed E-state index contributed by atoms with van der Waals surface area (Å²) in [5.41, 5.74) is -0.541. The maximum absolute atomic E-state index is 11.2. The van der Waals surface area contributed by atoms with E-state index in [1.165, 1.54) is 12.8 Å². The normalized spacial score (nSPS) is 12.6. The molecule has 0 aromatic heterocycles. The second-order valence-electron chi connectivity index (χ2n) is 3.99. The summed E-state index contributed by atoms with van der Waals surface area (Å²) in [6, 6.07) is 0. The standard InChI is InChI=1S/C11H22ClNO2/c1-4-5-6-7-8-13-11(14)15-10(12)9(2)3/h9-10H,4-8H2,1-3H3,(H,13,14). The number of alkyl carbamates (subject to hydrolysis) is 1. The summed E-state index contributed by atoms with van der Waals surface area (Å²) >= 11 is 5.79. The highest BCUT2D eigenvalue weighted by Crippen LogP contribution is 2.10. The number of halogens is 1. The number of unbranched alkanes of at least 4 members (excludes halogenated alkanes) is 3. The second kappa shape index (κ2) is 8.84. The highest BCUT2D eigenvalue weighted by atomic mass is 35.5. The molecule has 3 nitrogen and oxygen atoms in total. The summed E-state index contributed by atoms with van der Waals surface area (Å²) in [5.74, 6) is 0.137. The van der Waals surface area contributed by atoms with Crippen LogP contribution in [0.3, 0.4) is 0 Å². The van der Waals surface area contributed by atoms with E-state index in [1.54, 1.807) is 0 Å². The van der Waals surface area contributed by atoms with Gasteiger partial charge in [-0.1, -0.05) is 51.6 Å². The summed E-state index contributed by atoms with van der Waals surface area (Å²) < 4.78 is 4.93. The number of nitrogens with one attached hydrogen (secondary N) is 1. The molecule has 0 aliphatic heterocycles. The Morgan fingerprint density at radius 2 is 2.00 bits per heavy atom. The smallest absolute Gasteiger partial charge is 0.408 e. The van der Waals surface area contributed by atoms with Gasteiger partial charge in [0, 0.05) is 12.5 Å². The van der Waals surface area contributed by atoms with Crippen molar-refractivity contribution in [2.45, 2.75) is 52.0 Å². The maximum atomic E-state index is 11.2. The van der Waals surface area contributed by atoms with Crippen LogP contribution >= 0.6 is 11.6 Å². The number of carbonyl (C=O) groups excluding carboxylic acids is 1. The Labute approximate surface area is 97.5 Å². The molecule has 0 saturated carbocycles. The number of hydrogen-bond donors (Lipinski definition) is 1. The lowest BCUT2D eigenvalue weighted by molar-refractivity contribution is 0.114. The maximum Gasteiger partial charge on any atom is 0.408 e. The molecule has 15 heavy (non-hydrogen) atoms. The third-order valence-corrected chi connectivity index (χ3v) is 2.64. The fraction of sp³-hybridized carbons (Fsp3) is 0.909. The van der Waals surface area contributed by atoms with Gasteiger partial charge in [0.2, 0.25) is 0 Å². The van der Waals surface area contributed by atoms with Gasteiger partial charge in [-0.3, -0.25) is 0 Å². The van der Waals surface area contributed by atoms with Gasteiger partial charge in [0.05, 0.1) is 0 Å². The van der Waals surface area contributed by atoms with Crippen LogP contribution in [0.15, 0.2) is 0 Å². The van der Waals surface area contributed by atoms with Crippen LogP contribution < -0.4 is 5.32 Å². The van der Waals surface area contributed by atoms with Crippen molar-refractivity contribution in [3.05, 3.63) is 0 Å². The molecule has 4 heteroatoms. The van der Waals surface area contributed by atoms with Crippen LogP contribution in [0.25, 0.3) is 0 Å². The average Bonchev–Trinajstić information content (AvgIpc) is 2.17. The van der Waals surface area contributed by atoms with E-state index >= 15 is 0 Å². The third-order valence-electron chi connectivity index (χ3n) is 2.04. The van der Waals surface area contributed by atoms with Gasteiger partial charge in [-0.25, -0.2) is 4.79 Å². The summed E-state index contributed by atoms with van der Waals surface area (Å²) in [6.07, 6.45) is 4.13. The number of carbonyl (C=O) groups is 1. The molecule has 0 spiro atoms. The van der Waals surface area contributed by atoms with E-state index in [4.69, 9.17) is 16.3 Å². The van der Waals surface area contributed by atoms with Crippen LogP contribution in [0, 0.1) is 5.92 Å². The molecule has 0 rings (SSSR count). The lowest BCUT2D eigenvalue weighted by atomic mass is 10.2. The van der Waals surface area contributed by atoms with Gasteiger partial charge < -0.3 is 10.1 Å². The first-order valence-electron chi connectivity index (χ1n) is 5.66. The number of ether oxygens (including phenoxy) is 1. The van der Waals surface area contributed by atoms with Crippen molar-refractivity contribution in [1.29, 1.82) is 0 Å². The Kier molecular flexibility index (Phi) is 8.58. The van der Waals surface area contributed by atoms with Crippen LogP contribution in [0.1, 0.15) is 46.5 Å². The molecule has 0 heterocycles. The van der Waals surface area contributed by atoms with Crippen molar-refractivity contribution in [2.75, 3.05) is 6.54 Å². The van der Waals surface area contributed by atoms with E-state index in [-0.39, 0.29) is 5.92 Å². The van der Waals surface area contributed by atoms with Crippen molar-refractivity contribution in [3.63, 3.8) is 0 Å². The number of amides is 1. The highest BCUT2D eigenvalue weighted by molar-refractivity contribution is 6.20. The molecule has 1 N–H and O–H groups in total. The summed E-state index contributed by atoms with van der Waals surface area (Å²) in [5, 5.41) is 2.68. The van der Waals surface area contributed by atoms with Gasteiger partial charge in [0.15, 0.2) is 5.56 Å². The van der Waals surface area contributed by atoms with Crippen LogP contribution in [-0.4, -0.2) is 18.2 Å². The predicted molar refractivity (Wildman–Crippen MR) is 63.1 cm³/mol. The molecular formula is C11H22ClNO2. The molecule has 1 amide bonds. The van der Waals surface area contributed by atoms with Crippen molar-refractivity contribution >= 4 is 17.7 Å². The molecule has 0 aromatic rings. The van der Waals surface area contributed by atoms with Crippen LogP contribution in [0.4, 0.5) is 4.79 Å². The van der Waals surface area contributed by atoms with Gasteiger partial charge in [-0.05, 0) is 6.42 Å². The largest absolute Gasteiger partial charge is 0.430 e. The van der Waals surface area contributed by atoms with Crippen LogP contribution in [0.2, 0.25) is 0 Å². The fourth-order valence-electron chi connectivity index (χ4n) is 1.02. The van der Waals surface area contributed by atoms with Gasteiger partial charge >= 0.3 is 6.09 Å². The molecule has 90 valence electrons. The minimum absolute atomic E-state index is 0.137. The van der Waals surface area contributed by atoms with Crippen LogP contribution in [0.5, 0.6) is 0 Å². The quantitative estimate of drug-likeness (QED) is 0.542. The first-order chi connectivity index (χ1) is 7.07. The van der Waals surface area contributed by atoms with Gasteiger partial charge in [0.1, 0.15) is 0 Å². The van der Waals surface area contributed by atoms with Gasteiger partial charge in [-0.15, -0.1) is 0 Å². The number of hydrogen-bond acceptors (Lipinski definition) is 2. The minimum atomic E-state index is -0.541. The molecule has 0 aliphatic carbocycles. The SMILES string of the molecule is CCCCCCNC(=O)OC(Cl)C(C)C. The van der Waals surface area contributed by atoms with E-state index in [0.29, 0.717) is 6.54 Å². The first-order valence-corrected chi connectivity index (χ1v) is 6.10. The van der Waals surface area contributed by atoms with Crippen molar-refractivity contribution < 1.29 is 9.53 Å². The average molecular weight is 236 g/mol. The molecule has 0 aromatic carbocycles. The lowest BCUT2D eigenvalue weighted by Gasteiger charge is -2.14. The highest BCUT2D eigenvalue weighted by Gasteiger charge is 2.14. The van der Waals surface area contributed by atoms with Gasteiger partial charge in [0.25, 0.3) is 0 Å². The Morgan fingerprint density at radius 1 is 1.33 bits per heavy atom. The predicted octanol–water partition coefficient (Wildman–Crippen LogP) is 3.51. The third kappa shape index (κ3) is 8.55. The van der Waals surface area contributed by atoms with E-state index in [2.05, 4.69) is 12.2 Å². The Morgan fingerprint density at radius 3 is 2.53 bits per heavy atom. The number of alkyl halides is 1. The zero-order valence-electron chi connectivity index (χ0n) is 9.88. The Hall–Kier alpha value is -0.440. The summed E-state index contributed by atoms with van der Waals surface area (Å²) in [6.45, 7) is 6.64. The molecule has 0 aliphatic rings. The van der Waals surface area contributed by atoms with E-state index in [9.17, 15) is 4.79 Å². The minimum Gasteiger partial charge on any atom is -0.430 e.